The van der Waals surface area contributed by atoms with E-state index in [1.807, 2.05) is 0 Å². The molecule has 0 heterocycles. The van der Waals surface area contributed by atoms with Crippen LogP contribution in [-0.2, 0) is 0 Å². The van der Waals surface area contributed by atoms with Crippen molar-refractivity contribution >= 4 is 0 Å². The van der Waals surface area contributed by atoms with Crippen LogP contribution in [0.5, 0.6) is 0 Å². The Morgan fingerprint density at radius 2 is 0.706 bits per heavy atom. The van der Waals surface area contributed by atoms with Gasteiger partial charge in [-0.1, -0.05) is 0 Å². The van der Waals surface area contributed by atoms with Gasteiger partial charge < -0.3 is 58.0 Å². The zero-order chi connectivity index (χ0) is 9.72. The van der Waals surface area contributed by atoms with Gasteiger partial charge >= 0.3 is 0 Å². The van der Waals surface area contributed by atoms with Gasteiger partial charge in [0, 0.05) is 0 Å². The molecule has 0 aromatic heterocycles. The van der Waals surface area contributed by atoms with E-state index in [2.05, 4.69) is 0 Å². The highest BCUT2D eigenvalue weighted by molar-refractivity contribution is 4.79. The molecule has 0 amide bonds. The number of hydrogen-bond donors (Lipinski definition) is 6. The molecule has 11 nitrogen and oxygen atoms in total. The highest BCUT2D eigenvalue weighted by Crippen LogP contribution is 2.03. The summed E-state index contributed by atoms with van der Waals surface area (Å²) >= 11 is 0. The summed E-state index contributed by atoms with van der Waals surface area (Å²) < 4.78 is 0. The van der Waals surface area contributed by atoms with Gasteiger partial charge in [-0.3, -0.25) is 0 Å². The van der Waals surface area contributed by atoms with Crippen molar-refractivity contribution in [2.75, 3.05) is 13.2 Å². The molecule has 0 aromatic rings. The lowest BCUT2D eigenvalue weighted by molar-refractivity contribution is -0.123. The molecule has 0 radical (unpaired) electrons. The number of aliphatic hydroxyl groups is 6. The molecule has 0 rings (SSSR count). The summed E-state index contributed by atoms with van der Waals surface area (Å²) in [4.78, 5) is 0. The third-order valence-corrected chi connectivity index (χ3v) is 1.51. The molecule has 17 heavy (non-hydrogen) atoms. The van der Waals surface area contributed by atoms with Crippen LogP contribution in [0.25, 0.3) is 0 Å². The Labute approximate surface area is 96.7 Å². The monoisotopic (exact) mass is 272 g/mol. The third-order valence-electron chi connectivity index (χ3n) is 1.51. The molecule has 4 atom stereocenters. The van der Waals surface area contributed by atoms with Crippen molar-refractivity contribution in [1.82, 2.24) is 0 Å². The van der Waals surface area contributed by atoms with Gasteiger partial charge in [-0.2, -0.15) is 0 Å². The highest BCUT2D eigenvalue weighted by Gasteiger charge is 2.29. The first-order valence-corrected chi connectivity index (χ1v) is 3.48. The van der Waals surface area contributed by atoms with E-state index >= 15 is 0 Å². The Morgan fingerprint density at radius 1 is 0.529 bits per heavy atom. The van der Waals surface area contributed by atoms with Gasteiger partial charge in [0.15, 0.2) is 0 Å². The van der Waals surface area contributed by atoms with Crippen molar-refractivity contribution < 1.29 is 58.0 Å². The van der Waals surface area contributed by atoms with Crippen molar-refractivity contribution in [1.29, 1.82) is 0 Å². The van der Waals surface area contributed by atoms with Crippen LogP contribution in [0.2, 0.25) is 0 Å². The molecule has 114 valence electrons. The predicted molar refractivity (Wildman–Crippen MR) is 56.3 cm³/mol. The fourth-order valence-corrected chi connectivity index (χ4v) is 0.671. The summed E-state index contributed by atoms with van der Waals surface area (Å²) in [6.45, 7) is -1.45. The quantitative estimate of drug-likeness (QED) is 0.282. The molecule has 0 aliphatic rings. The summed E-state index contributed by atoms with van der Waals surface area (Å²) in [6, 6.07) is 0. The van der Waals surface area contributed by atoms with Gasteiger partial charge in [0.05, 0.1) is 13.2 Å². The minimum absolute atomic E-state index is 0. The fourth-order valence-electron chi connectivity index (χ4n) is 0.671. The molecule has 0 bridgehead atoms. The van der Waals surface area contributed by atoms with E-state index in [1.54, 1.807) is 0 Å². The Kier molecular flexibility index (Phi) is 37.9. The smallest absolute Gasteiger partial charge is 0.111 e. The maximum atomic E-state index is 8.96. The molecular formula is C6H24O11. The molecule has 0 saturated heterocycles. The average Bonchev–Trinajstić information content (AvgIpc) is 2.12. The molecule has 16 N–H and O–H groups in total. The lowest BCUT2D eigenvalue weighted by Crippen LogP contribution is -2.46. The summed E-state index contributed by atoms with van der Waals surface area (Å²) in [7, 11) is 0. The number of aliphatic hydroxyl groups excluding tert-OH is 6. The van der Waals surface area contributed by atoms with Crippen LogP contribution in [0.3, 0.4) is 0 Å². The first-order valence-electron chi connectivity index (χ1n) is 3.48. The predicted octanol–water partition coefficient (Wildman–Crippen LogP) is -7.71. The Bertz CT molecular complexity index is 109. The number of rotatable bonds is 5. The van der Waals surface area contributed by atoms with Gasteiger partial charge in [0.1, 0.15) is 24.4 Å². The zero-order valence-electron chi connectivity index (χ0n) is 8.91. The van der Waals surface area contributed by atoms with Crippen LogP contribution in [-0.4, -0.2) is 95.6 Å². The lowest BCUT2D eigenvalue weighted by atomic mass is 10.0. The van der Waals surface area contributed by atoms with E-state index in [0.717, 1.165) is 0 Å². The second-order valence-corrected chi connectivity index (χ2v) is 2.48. The third kappa shape index (κ3) is 11.8. The van der Waals surface area contributed by atoms with E-state index in [0.29, 0.717) is 0 Å². The molecule has 0 spiro atoms. The van der Waals surface area contributed by atoms with Crippen LogP contribution >= 0.6 is 0 Å². The van der Waals surface area contributed by atoms with Gasteiger partial charge in [0.2, 0.25) is 0 Å². The fraction of sp³-hybridized carbons (Fsp3) is 1.00. The topological polar surface area (TPSA) is 279 Å². The summed E-state index contributed by atoms with van der Waals surface area (Å²) in [5.41, 5.74) is 0. The normalized spacial score (nSPS) is 15.2. The van der Waals surface area contributed by atoms with E-state index in [-0.39, 0.29) is 27.4 Å². The van der Waals surface area contributed by atoms with Crippen LogP contribution in [0, 0.1) is 0 Å². The Hall–Kier alpha value is -0.440. The maximum Gasteiger partial charge on any atom is 0.111 e. The molecule has 0 aromatic carbocycles. The molecule has 0 saturated carbocycles. The molecule has 0 aliphatic heterocycles. The lowest BCUT2D eigenvalue weighted by Gasteiger charge is -2.24. The Morgan fingerprint density at radius 3 is 0.824 bits per heavy atom. The highest BCUT2D eigenvalue weighted by atomic mass is 16.4. The van der Waals surface area contributed by atoms with Crippen LogP contribution in [0.15, 0.2) is 0 Å². The van der Waals surface area contributed by atoms with E-state index < -0.39 is 37.6 Å². The zero-order valence-corrected chi connectivity index (χ0v) is 8.91. The van der Waals surface area contributed by atoms with Crippen molar-refractivity contribution in [2.45, 2.75) is 24.4 Å². The van der Waals surface area contributed by atoms with Gasteiger partial charge in [0.25, 0.3) is 0 Å². The van der Waals surface area contributed by atoms with Gasteiger partial charge in [-0.05, 0) is 0 Å². The summed E-state index contributed by atoms with van der Waals surface area (Å²) in [5, 5.41) is 52.2. The summed E-state index contributed by atoms with van der Waals surface area (Å²) in [5.74, 6) is 0. The Balaban J connectivity index is -0.0000000605. The minimum atomic E-state index is -1.67. The second kappa shape index (κ2) is 17.9. The van der Waals surface area contributed by atoms with Gasteiger partial charge in [-0.15, -0.1) is 0 Å². The standard InChI is InChI=1S/C6H14O6.5H2O/c7-1-3(9)5(11)6(12)4(10)2-8;;;;;/h3-12H,1-2H2;5*1H2/t3-,4-,5-,6-;;;;;/m1...../s1. The average molecular weight is 272 g/mol. The van der Waals surface area contributed by atoms with Crippen molar-refractivity contribution in [2.24, 2.45) is 0 Å². The molecule has 11 heteroatoms. The van der Waals surface area contributed by atoms with Gasteiger partial charge in [-0.25, -0.2) is 0 Å². The second-order valence-electron chi connectivity index (χ2n) is 2.48. The first kappa shape index (κ1) is 36.0. The molecule has 0 fully saturated rings. The van der Waals surface area contributed by atoms with Crippen molar-refractivity contribution in [3.05, 3.63) is 0 Å². The minimum Gasteiger partial charge on any atom is -0.412 e. The van der Waals surface area contributed by atoms with Crippen LogP contribution < -0.4 is 0 Å². The van der Waals surface area contributed by atoms with Crippen molar-refractivity contribution in [3.8, 4) is 0 Å². The van der Waals surface area contributed by atoms with Crippen molar-refractivity contribution in [3.63, 3.8) is 0 Å². The molecule has 0 unspecified atom stereocenters. The van der Waals surface area contributed by atoms with Crippen LogP contribution in [0.4, 0.5) is 0 Å². The largest absolute Gasteiger partial charge is 0.412 e. The van der Waals surface area contributed by atoms with E-state index in [1.165, 1.54) is 0 Å². The maximum absolute atomic E-state index is 8.96. The van der Waals surface area contributed by atoms with Crippen LogP contribution in [0.1, 0.15) is 0 Å². The molecule has 0 aliphatic carbocycles. The van der Waals surface area contributed by atoms with E-state index in [9.17, 15) is 0 Å². The molecular weight excluding hydrogens is 248 g/mol. The first-order chi connectivity index (χ1) is 5.54. The number of hydrogen-bond acceptors (Lipinski definition) is 6. The SMILES string of the molecule is O.O.O.O.O.OC[C@@H](O)[C@@H](O)[C@H](O)[C@H](O)CO. The van der Waals surface area contributed by atoms with E-state index in [4.69, 9.17) is 30.6 Å². The summed E-state index contributed by atoms with van der Waals surface area (Å²) in [6.07, 6.45) is -6.39.